The molecule has 2 aliphatic heterocycles. The summed E-state index contributed by atoms with van der Waals surface area (Å²) < 4.78 is 0.965. The number of fused-ring (bicyclic) bond motifs is 1. The molecule has 0 spiro atoms. The lowest BCUT2D eigenvalue weighted by atomic mass is 9.74. The van der Waals surface area contributed by atoms with Gasteiger partial charge in [0, 0.05) is 43.0 Å². The van der Waals surface area contributed by atoms with E-state index in [4.69, 9.17) is 10.7 Å². The molecule has 1 aromatic carbocycles. The molecule has 3 aromatic rings. The predicted octanol–water partition coefficient (Wildman–Crippen LogP) is 2.13. The number of hydrogen-bond acceptors (Lipinski definition) is 9. The highest BCUT2D eigenvalue weighted by Crippen LogP contribution is 2.42. The van der Waals surface area contributed by atoms with Gasteiger partial charge in [0.25, 0.3) is 0 Å². The maximum Gasteiger partial charge on any atom is 0.324 e. The Hall–Kier alpha value is -3.87. The number of allylic oxidation sites excluding steroid dienone is 1. The molecule has 2 aliphatic rings. The van der Waals surface area contributed by atoms with Crippen molar-refractivity contribution in [1.82, 2.24) is 25.9 Å². The second-order valence-electron chi connectivity index (χ2n) is 8.96. The van der Waals surface area contributed by atoms with E-state index in [9.17, 15) is 14.7 Å². The molecule has 3 unspecified atom stereocenters. The zero-order valence-electron chi connectivity index (χ0n) is 20.2. The van der Waals surface area contributed by atoms with E-state index in [1.165, 1.54) is 11.3 Å². The van der Waals surface area contributed by atoms with Crippen LogP contribution in [-0.4, -0.2) is 64.2 Å². The second-order valence-corrected chi connectivity index (χ2v) is 9.82. The average molecular weight is 521 g/mol. The van der Waals surface area contributed by atoms with Crippen molar-refractivity contribution in [2.45, 2.75) is 24.7 Å². The summed E-state index contributed by atoms with van der Waals surface area (Å²) in [5, 5.41) is 19.2. The SMILES string of the molecule is CCNC(=O)NC1(C2CNCCC2(N)C(=O)O)N=CC=CN1c1cc(-c2ccccn2)c2scnc2c1. The van der Waals surface area contributed by atoms with Gasteiger partial charge in [0.15, 0.2) is 0 Å². The van der Waals surface area contributed by atoms with Gasteiger partial charge in [-0.1, -0.05) is 6.07 Å². The van der Waals surface area contributed by atoms with Gasteiger partial charge in [0.05, 0.1) is 27.3 Å². The summed E-state index contributed by atoms with van der Waals surface area (Å²) in [4.78, 5) is 41.1. The van der Waals surface area contributed by atoms with Gasteiger partial charge in [-0.2, -0.15) is 0 Å². The van der Waals surface area contributed by atoms with Crippen molar-refractivity contribution >= 4 is 45.5 Å². The normalized spacial score (nSPS) is 25.2. The van der Waals surface area contributed by atoms with Crippen molar-refractivity contribution in [3.63, 3.8) is 0 Å². The van der Waals surface area contributed by atoms with Crippen molar-refractivity contribution in [2.75, 3.05) is 24.5 Å². The standard InChI is InChI=1S/C25H28N8O3S/c1-2-28-23(36)32-25(20-14-27-10-7-24(20,26)22(34)35)31-9-5-11-33(25)16-12-17(18-6-3-4-8-29-18)21-19(13-16)30-15-37-21/h3-6,8-9,11-13,15,20,27H,2,7,10,14,26H2,1H3,(H,34,35)(H2,28,32,36). The third kappa shape index (κ3) is 4.32. The summed E-state index contributed by atoms with van der Waals surface area (Å²) in [5.41, 5.74) is 9.74. The Labute approximate surface area is 217 Å². The van der Waals surface area contributed by atoms with Gasteiger partial charge in [-0.05, 0) is 50.2 Å². The largest absolute Gasteiger partial charge is 0.480 e. The number of carboxylic acids is 1. The summed E-state index contributed by atoms with van der Waals surface area (Å²) in [7, 11) is 0. The molecular formula is C25H28N8O3S. The molecule has 192 valence electrons. The lowest BCUT2D eigenvalue weighted by Gasteiger charge is -2.52. The molecule has 1 fully saturated rings. The summed E-state index contributed by atoms with van der Waals surface area (Å²) in [6, 6.07) is 9.05. The second kappa shape index (κ2) is 9.88. The number of amides is 2. The van der Waals surface area contributed by atoms with E-state index in [-0.39, 0.29) is 13.0 Å². The smallest absolute Gasteiger partial charge is 0.324 e. The van der Waals surface area contributed by atoms with Crippen molar-refractivity contribution in [1.29, 1.82) is 0 Å². The van der Waals surface area contributed by atoms with Gasteiger partial charge in [-0.3, -0.25) is 15.1 Å². The van der Waals surface area contributed by atoms with Crippen LogP contribution in [0.3, 0.4) is 0 Å². The van der Waals surface area contributed by atoms with E-state index in [0.717, 1.165) is 21.5 Å². The average Bonchev–Trinajstić information content (AvgIpc) is 3.38. The maximum absolute atomic E-state index is 13.0. The maximum atomic E-state index is 13.0. The number of carbonyl (C=O) groups excluding carboxylic acids is 1. The minimum Gasteiger partial charge on any atom is -0.480 e. The highest BCUT2D eigenvalue weighted by molar-refractivity contribution is 7.17. The third-order valence-corrected chi connectivity index (χ3v) is 7.68. The molecule has 37 heavy (non-hydrogen) atoms. The van der Waals surface area contributed by atoms with E-state index in [0.29, 0.717) is 18.8 Å². The first-order valence-corrected chi connectivity index (χ1v) is 12.9. The van der Waals surface area contributed by atoms with Crippen LogP contribution in [0, 0.1) is 5.92 Å². The van der Waals surface area contributed by atoms with Gasteiger partial charge in [-0.15, -0.1) is 11.3 Å². The molecule has 0 bridgehead atoms. The molecule has 2 aromatic heterocycles. The summed E-state index contributed by atoms with van der Waals surface area (Å²) >= 11 is 1.51. The zero-order chi connectivity index (χ0) is 26.0. The van der Waals surface area contributed by atoms with E-state index in [1.807, 2.05) is 30.3 Å². The van der Waals surface area contributed by atoms with Gasteiger partial charge >= 0.3 is 12.0 Å². The van der Waals surface area contributed by atoms with Crippen LogP contribution in [0.5, 0.6) is 0 Å². The Bertz CT molecular complexity index is 1380. The molecule has 0 radical (unpaired) electrons. The van der Waals surface area contributed by atoms with Gasteiger partial charge in [0.1, 0.15) is 5.54 Å². The zero-order valence-corrected chi connectivity index (χ0v) is 21.0. The number of anilines is 1. The van der Waals surface area contributed by atoms with E-state index in [2.05, 4.69) is 25.9 Å². The number of carboxylic acid groups (broad SMARTS) is 1. The van der Waals surface area contributed by atoms with E-state index >= 15 is 0 Å². The Morgan fingerprint density at radius 1 is 1.32 bits per heavy atom. The number of pyridine rings is 1. The molecular weight excluding hydrogens is 492 g/mol. The molecule has 1 saturated heterocycles. The van der Waals surface area contributed by atoms with Gasteiger partial charge < -0.3 is 26.4 Å². The molecule has 2 amide bonds. The summed E-state index contributed by atoms with van der Waals surface area (Å²) in [6.07, 6.45) is 6.96. The van der Waals surface area contributed by atoms with E-state index < -0.39 is 29.2 Å². The number of nitrogens with two attached hydrogens (primary N) is 1. The highest BCUT2D eigenvalue weighted by Gasteiger charge is 2.58. The monoisotopic (exact) mass is 520 g/mol. The van der Waals surface area contributed by atoms with Crippen LogP contribution in [0.1, 0.15) is 13.3 Å². The number of hydrogen-bond donors (Lipinski definition) is 5. The quantitative estimate of drug-likeness (QED) is 0.331. The number of benzene rings is 1. The lowest BCUT2D eigenvalue weighted by Crippen LogP contribution is -2.76. The molecule has 5 rings (SSSR count). The van der Waals surface area contributed by atoms with E-state index in [1.54, 1.807) is 42.0 Å². The molecule has 6 N–H and O–H groups in total. The number of nitrogens with one attached hydrogen (secondary N) is 3. The Kier molecular flexibility index (Phi) is 6.63. The Balaban J connectivity index is 1.71. The van der Waals surface area contributed by atoms with Crippen LogP contribution in [0.15, 0.2) is 59.3 Å². The molecule has 0 saturated carbocycles. The molecule has 4 heterocycles. The fourth-order valence-electron chi connectivity index (χ4n) is 5.01. The molecule has 3 atom stereocenters. The van der Waals surface area contributed by atoms with Crippen LogP contribution in [0.2, 0.25) is 0 Å². The first-order valence-electron chi connectivity index (χ1n) is 12.0. The Morgan fingerprint density at radius 3 is 2.95 bits per heavy atom. The number of piperidine rings is 1. The predicted molar refractivity (Wildman–Crippen MR) is 143 cm³/mol. The fraction of sp³-hybridized carbons (Fsp3) is 0.320. The number of aromatic nitrogens is 2. The van der Waals surface area contributed by atoms with Crippen LogP contribution < -0.4 is 26.6 Å². The van der Waals surface area contributed by atoms with Crippen molar-refractivity contribution in [3.8, 4) is 11.3 Å². The molecule has 12 heteroatoms. The number of rotatable bonds is 6. The van der Waals surface area contributed by atoms with Crippen LogP contribution in [0.4, 0.5) is 10.5 Å². The molecule has 0 aliphatic carbocycles. The minimum absolute atomic E-state index is 0.170. The summed E-state index contributed by atoms with van der Waals surface area (Å²) in [5.74, 6) is -3.52. The third-order valence-electron chi connectivity index (χ3n) is 6.80. The Morgan fingerprint density at radius 2 is 2.19 bits per heavy atom. The van der Waals surface area contributed by atoms with Gasteiger partial charge in [0.2, 0.25) is 5.79 Å². The number of carbonyl (C=O) groups is 2. The molecule has 11 nitrogen and oxygen atoms in total. The van der Waals surface area contributed by atoms with Crippen LogP contribution in [0.25, 0.3) is 21.5 Å². The van der Waals surface area contributed by atoms with Crippen molar-refractivity contribution in [2.24, 2.45) is 16.6 Å². The highest BCUT2D eigenvalue weighted by atomic mass is 32.1. The minimum atomic E-state index is -1.65. The van der Waals surface area contributed by atoms with Crippen molar-refractivity contribution in [3.05, 3.63) is 54.3 Å². The summed E-state index contributed by atoms with van der Waals surface area (Å²) in [6.45, 7) is 2.84. The number of aliphatic imine (C=N–C) groups is 1. The van der Waals surface area contributed by atoms with Crippen molar-refractivity contribution < 1.29 is 14.7 Å². The first-order chi connectivity index (χ1) is 17.9. The first kappa shape index (κ1) is 24.8. The number of thiazole rings is 1. The van der Waals surface area contributed by atoms with Gasteiger partial charge in [-0.25, -0.2) is 14.8 Å². The van der Waals surface area contributed by atoms with Crippen LogP contribution >= 0.6 is 11.3 Å². The number of aliphatic carboxylic acids is 1. The van der Waals surface area contributed by atoms with Crippen LogP contribution in [-0.2, 0) is 4.79 Å². The number of urea groups is 1. The fourth-order valence-corrected chi connectivity index (χ4v) is 5.80. The number of nitrogens with zero attached hydrogens (tertiary/aromatic N) is 4. The lowest BCUT2D eigenvalue weighted by molar-refractivity contribution is -0.148. The topological polar surface area (TPSA) is 158 Å².